The molecule has 1 saturated carbocycles. The SMILES string of the molecule is O=C=NC1(c2cc(F)c(F)cc2O)CC1. The van der Waals surface area contributed by atoms with Crippen molar-refractivity contribution in [3.63, 3.8) is 0 Å². The molecule has 3 nitrogen and oxygen atoms in total. The van der Waals surface area contributed by atoms with Crippen LogP contribution >= 0.6 is 0 Å². The van der Waals surface area contributed by atoms with Gasteiger partial charge in [-0.05, 0) is 18.9 Å². The number of aromatic hydroxyl groups is 1. The molecule has 1 N–H and O–H groups in total. The summed E-state index contributed by atoms with van der Waals surface area (Å²) in [6.45, 7) is 0. The third-order valence-corrected chi connectivity index (χ3v) is 2.52. The van der Waals surface area contributed by atoms with Crippen LogP contribution in [0.15, 0.2) is 17.1 Å². The van der Waals surface area contributed by atoms with Crippen molar-refractivity contribution < 1.29 is 18.7 Å². The molecule has 0 radical (unpaired) electrons. The van der Waals surface area contributed by atoms with E-state index >= 15 is 0 Å². The standard InChI is InChI=1S/C10H7F2NO2/c11-7-3-6(9(15)4-8(7)12)10(1-2-10)13-5-14/h3-4,15H,1-2H2. The van der Waals surface area contributed by atoms with Gasteiger partial charge in [-0.3, -0.25) is 0 Å². The third-order valence-electron chi connectivity index (χ3n) is 2.52. The molecule has 0 aliphatic heterocycles. The molecule has 1 fully saturated rings. The molecule has 5 heteroatoms. The third kappa shape index (κ3) is 1.51. The number of isocyanates is 1. The zero-order valence-electron chi connectivity index (χ0n) is 7.63. The van der Waals surface area contributed by atoms with Crippen molar-refractivity contribution >= 4 is 6.08 Å². The van der Waals surface area contributed by atoms with E-state index < -0.39 is 17.2 Å². The maximum Gasteiger partial charge on any atom is 0.235 e. The highest BCUT2D eigenvalue weighted by atomic mass is 19.2. The zero-order valence-corrected chi connectivity index (χ0v) is 7.63. The largest absolute Gasteiger partial charge is 0.507 e. The zero-order chi connectivity index (χ0) is 11.1. The van der Waals surface area contributed by atoms with E-state index in [2.05, 4.69) is 4.99 Å². The Morgan fingerprint density at radius 3 is 2.47 bits per heavy atom. The smallest absolute Gasteiger partial charge is 0.235 e. The van der Waals surface area contributed by atoms with Gasteiger partial charge in [0.1, 0.15) is 11.3 Å². The molecule has 0 amide bonds. The highest BCUT2D eigenvalue weighted by Gasteiger charge is 2.47. The number of benzene rings is 1. The second-order valence-corrected chi connectivity index (χ2v) is 3.52. The lowest BCUT2D eigenvalue weighted by molar-refractivity contribution is 0.439. The number of carbonyl (C=O) groups excluding carboxylic acids is 1. The Kier molecular flexibility index (Phi) is 2.05. The molecule has 15 heavy (non-hydrogen) atoms. The summed E-state index contributed by atoms with van der Waals surface area (Å²) < 4.78 is 25.6. The van der Waals surface area contributed by atoms with Crippen molar-refractivity contribution in [2.24, 2.45) is 4.99 Å². The minimum atomic E-state index is -1.12. The molecule has 78 valence electrons. The van der Waals surface area contributed by atoms with Crippen LogP contribution in [0.5, 0.6) is 5.75 Å². The maximum absolute atomic E-state index is 12.9. The summed E-state index contributed by atoms with van der Waals surface area (Å²) >= 11 is 0. The minimum Gasteiger partial charge on any atom is -0.507 e. The Balaban J connectivity index is 2.54. The molecule has 1 aliphatic carbocycles. The molecule has 0 unspecified atom stereocenters. The Morgan fingerprint density at radius 1 is 1.33 bits per heavy atom. The lowest BCUT2D eigenvalue weighted by atomic mass is 10.0. The molecule has 0 spiro atoms. The van der Waals surface area contributed by atoms with Crippen molar-refractivity contribution in [1.29, 1.82) is 0 Å². The topological polar surface area (TPSA) is 49.7 Å². The summed E-state index contributed by atoms with van der Waals surface area (Å²) in [5, 5.41) is 9.42. The average Bonchev–Trinajstić information content (AvgIpc) is 2.93. The van der Waals surface area contributed by atoms with Crippen molar-refractivity contribution in [3.05, 3.63) is 29.3 Å². The first-order valence-corrected chi connectivity index (χ1v) is 4.36. The van der Waals surface area contributed by atoms with Crippen molar-refractivity contribution in [3.8, 4) is 5.75 Å². The van der Waals surface area contributed by atoms with Crippen LogP contribution in [0.3, 0.4) is 0 Å². The summed E-state index contributed by atoms with van der Waals surface area (Å²) in [7, 11) is 0. The number of halogens is 2. The Labute approximate surface area is 84.1 Å². The summed E-state index contributed by atoms with van der Waals surface area (Å²) in [4.78, 5) is 13.7. The van der Waals surface area contributed by atoms with Gasteiger partial charge in [0, 0.05) is 11.6 Å². The van der Waals surface area contributed by atoms with E-state index in [1.54, 1.807) is 0 Å². The first-order chi connectivity index (χ1) is 7.09. The van der Waals surface area contributed by atoms with Gasteiger partial charge in [0.15, 0.2) is 11.6 Å². The van der Waals surface area contributed by atoms with Gasteiger partial charge in [0.25, 0.3) is 0 Å². The first kappa shape index (κ1) is 9.80. The normalized spacial score (nSPS) is 16.9. The monoisotopic (exact) mass is 211 g/mol. The fourth-order valence-corrected chi connectivity index (χ4v) is 1.56. The molecule has 2 rings (SSSR count). The van der Waals surface area contributed by atoms with E-state index in [4.69, 9.17) is 0 Å². The number of phenols is 1. The predicted molar refractivity (Wildman–Crippen MR) is 47.1 cm³/mol. The molecular formula is C10H7F2NO2. The predicted octanol–water partition coefficient (Wildman–Crippen LogP) is 2.00. The lowest BCUT2D eigenvalue weighted by Gasteiger charge is -2.10. The first-order valence-electron chi connectivity index (χ1n) is 4.36. The number of rotatable bonds is 2. The van der Waals surface area contributed by atoms with E-state index in [0.717, 1.165) is 6.07 Å². The Hall–Kier alpha value is -1.74. The minimum absolute atomic E-state index is 0.143. The van der Waals surface area contributed by atoms with E-state index in [9.17, 15) is 18.7 Å². The number of nitrogens with zero attached hydrogens (tertiary/aromatic N) is 1. The number of hydrogen-bond acceptors (Lipinski definition) is 3. The molecule has 0 aromatic heterocycles. The van der Waals surface area contributed by atoms with E-state index in [-0.39, 0.29) is 11.3 Å². The van der Waals surface area contributed by atoms with Crippen molar-refractivity contribution in [1.82, 2.24) is 0 Å². The molecule has 0 saturated heterocycles. The Morgan fingerprint density at radius 2 is 1.93 bits per heavy atom. The van der Waals surface area contributed by atoms with Gasteiger partial charge in [0.05, 0.1) is 0 Å². The highest BCUT2D eigenvalue weighted by molar-refractivity contribution is 5.47. The summed E-state index contributed by atoms with van der Waals surface area (Å²) in [5.74, 6) is -2.57. The Bertz CT molecular complexity index is 463. The lowest BCUT2D eigenvalue weighted by Crippen LogP contribution is -2.04. The molecule has 1 aliphatic rings. The second kappa shape index (κ2) is 3.14. The van der Waals surface area contributed by atoms with Crippen LogP contribution in [-0.2, 0) is 10.3 Å². The summed E-state index contributed by atoms with van der Waals surface area (Å²) in [6.07, 6.45) is 2.44. The summed E-state index contributed by atoms with van der Waals surface area (Å²) in [6, 6.07) is 1.56. The number of hydrogen-bond donors (Lipinski definition) is 1. The molecule has 0 bridgehead atoms. The van der Waals surface area contributed by atoms with Crippen molar-refractivity contribution in [2.45, 2.75) is 18.4 Å². The van der Waals surface area contributed by atoms with Crippen LogP contribution in [-0.4, -0.2) is 11.2 Å². The van der Waals surface area contributed by atoms with Gasteiger partial charge >= 0.3 is 0 Å². The van der Waals surface area contributed by atoms with Gasteiger partial charge < -0.3 is 5.11 Å². The quantitative estimate of drug-likeness (QED) is 0.600. The van der Waals surface area contributed by atoms with E-state index in [0.29, 0.717) is 18.9 Å². The van der Waals surface area contributed by atoms with Crippen LogP contribution in [0, 0.1) is 11.6 Å². The maximum atomic E-state index is 12.9. The van der Waals surface area contributed by atoms with Crippen LogP contribution in [0.25, 0.3) is 0 Å². The van der Waals surface area contributed by atoms with Gasteiger partial charge in [-0.1, -0.05) is 0 Å². The van der Waals surface area contributed by atoms with Gasteiger partial charge in [-0.15, -0.1) is 0 Å². The van der Waals surface area contributed by atoms with Gasteiger partial charge in [-0.2, -0.15) is 4.99 Å². The molecule has 1 aromatic carbocycles. The van der Waals surface area contributed by atoms with E-state index in [1.807, 2.05) is 0 Å². The molecule has 0 heterocycles. The van der Waals surface area contributed by atoms with Crippen LogP contribution < -0.4 is 0 Å². The molecular weight excluding hydrogens is 204 g/mol. The number of phenolic OH excluding ortho intramolecular Hbond substituents is 1. The fraction of sp³-hybridized carbons (Fsp3) is 0.300. The number of aliphatic imine (C=N–C) groups is 1. The van der Waals surface area contributed by atoms with Gasteiger partial charge in [-0.25, -0.2) is 13.6 Å². The van der Waals surface area contributed by atoms with E-state index in [1.165, 1.54) is 6.08 Å². The fourth-order valence-electron chi connectivity index (χ4n) is 1.56. The molecule has 0 atom stereocenters. The molecule has 1 aromatic rings. The van der Waals surface area contributed by atoms with Crippen LogP contribution in [0.1, 0.15) is 18.4 Å². The second-order valence-electron chi connectivity index (χ2n) is 3.52. The van der Waals surface area contributed by atoms with Gasteiger partial charge in [0.2, 0.25) is 6.08 Å². The van der Waals surface area contributed by atoms with Crippen LogP contribution in [0.4, 0.5) is 8.78 Å². The van der Waals surface area contributed by atoms with Crippen molar-refractivity contribution in [2.75, 3.05) is 0 Å². The highest BCUT2D eigenvalue weighted by Crippen LogP contribution is 2.52. The average molecular weight is 211 g/mol. The summed E-state index contributed by atoms with van der Waals surface area (Å²) in [5.41, 5.74) is -0.745. The van der Waals surface area contributed by atoms with Crippen LogP contribution in [0.2, 0.25) is 0 Å².